The summed E-state index contributed by atoms with van der Waals surface area (Å²) >= 11 is 0. The normalized spacial score (nSPS) is 34.5. The number of Topliss-reactive ketones (excluding diaryl/α,β-unsaturated/α-hetero) is 1. The Hall–Kier alpha value is -1.31. The van der Waals surface area contributed by atoms with Crippen LogP contribution in [0.1, 0.15) is 18.4 Å². The van der Waals surface area contributed by atoms with Crippen LogP contribution >= 0.6 is 0 Å². The Kier molecular flexibility index (Phi) is 1.17. The lowest BCUT2D eigenvalue weighted by Gasteiger charge is -2.34. The van der Waals surface area contributed by atoms with Gasteiger partial charge in [-0.25, -0.2) is 0 Å². The molecular formula is C11H10O2. The molecule has 0 spiro atoms. The smallest absolute Gasteiger partial charge is 0.177 e. The average molecular weight is 174 g/mol. The fourth-order valence-electron chi connectivity index (χ4n) is 2.32. The second-order valence-electron chi connectivity index (χ2n) is 3.79. The first-order chi connectivity index (χ1) is 6.29. The molecule has 1 fully saturated rings. The largest absolute Gasteiger partial charge is 0.482 e. The molecule has 0 aromatic heterocycles. The van der Waals surface area contributed by atoms with Gasteiger partial charge >= 0.3 is 0 Å². The molecule has 0 N–H and O–H groups in total. The molecule has 3 rings (SSSR count). The van der Waals surface area contributed by atoms with Gasteiger partial charge in [-0.05, 0) is 6.07 Å². The maximum atomic E-state index is 11.4. The van der Waals surface area contributed by atoms with Crippen LogP contribution in [0.3, 0.4) is 0 Å². The second kappa shape index (κ2) is 2.13. The van der Waals surface area contributed by atoms with Crippen LogP contribution in [0.15, 0.2) is 24.3 Å². The van der Waals surface area contributed by atoms with Crippen molar-refractivity contribution in [1.29, 1.82) is 0 Å². The Morgan fingerprint density at radius 1 is 1.31 bits per heavy atom. The summed E-state index contributed by atoms with van der Waals surface area (Å²) in [7, 11) is 0. The van der Waals surface area contributed by atoms with Crippen molar-refractivity contribution < 1.29 is 9.53 Å². The van der Waals surface area contributed by atoms with Gasteiger partial charge in [-0.2, -0.15) is 0 Å². The van der Waals surface area contributed by atoms with Crippen LogP contribution in [0, 0.1) is 5.92 Å². The molecule has 1 saturated carbocycles. The summed E-state index contributed by atoms with van der Waals surface area (Å²) in [6, 6.07) is 7.94. The first kappa shape index (κ1) is 7.13. The number of fused-ring (bicyclic) bond motifs is 3. The van der Waals surface area contributed by atoms with Gasteiger partial charge in [-0.3, -0.25) is 4.79 Å². The fourth-order valence-corrected chi connectivity index (χ4v) is 2.32. The molecular weight excluding hydrogens is 164 g/mol. The zero-order valence-corrected chi connectivity index (χ0v) is 7.36. The van der Waals surface area contributed by atoms with Gasteiger partial charge in [0.05, 0.1) is 0 Å². The molecule has 0 saturated heterocycles. The molecule has 1 heterocycles. The maximum Gasteiger partial charge on any atom is 0.177 e. The van der Waals surface area contributed by atoms with Crippen molar-refractivity contribution in [3.8, 4) is 5.75 Å². The summed E-state index contributed by atoms with van der Waals surface area (Å²) in [5.41, 5.74) is 1.21. The molecule has 0 radical (unpaired) electrons. The molecule has 13 heavy (non-hydrogen) atoms. The number of carbonyl (C=O) groups is 1. The van der Waals surface area contributed by atoms with Gasteiger partial charge in [0, 0.05) is 17.4 Å². The highest BCUT2D eigenvalue weighted by atomic mass is 16.5. The first-order valence-electron chi connectivity index (χ1n) is 4.58. The van der Waals surface area contributed by atoms with Crippen LogP contribution in [0.4, 0.5) is 0 Å². The lowest BCUT2D eigenvalue weighted by atomic mass is 9.69. The predicted molar refractivity (Wildman–Crippen MR) is 47.8 cm³/mol. The molecule has 3 unspecified atom stereocenters. The third kappa shape index (κ3) is 0.711. The topological polar surface area (TPSA) is 26.3 Å². The number of hydrogen-bond acceptors (Lipinski definition) is 2. The Morgan fingerprint density at radius 3 is 2.92 bits per heavy atom. The summed E-state index contributed by atoms with van der Waals surface area (Å²) in [5, 5.41) is 0. The van der Waals surface area contributed by atoms with Gasteiger partial charge in [0.2, 0.25) is 0 Å². The molecule has 1 aromatic carbocycles. The summed E-state index contributed by atoms with van der Waals surface area (Å²) in [6.45, 7) is 1.98. The van der Waals surface area contributed by atoms with E-state index in [2.05, 4.69) is 6.07 Å². The Bertz CT molecular complexity index is 383. The highest BCUT2D eigenvalue weighted by Crippen LogP contribution is 2.50. The van der Waals surface area contributed by atoms with Crippen molar-refractivity contribution in [2.24, 2.45) is 5.92 Å². The SMILES string of the molecule is CC1C(=O)C2Oc3ccccc3C12. The molecule has 1 aliphatic carbocycles. The van der Waals surface area contributed by atoms with E-state index in [0.29, 0.717) is 5.92 Å². The van der Waals surface area contributed by atoms with Crippen LogP contribution in [0.2, 0.25) is 0 Å². The van der Waals surface area contributed by atoms with Gasteiger partial charge in [-0.1, -0.05) is 25.1 Å². The molecule has 0 amide bonds. The van der Waals surface area contributed by atoms with Crippen molar-refractivity contribution in [3.63, 3.8) is 0 Å². The average Bonchev–Trinajstić information content (AvgIpc) is 2.52. The number of hydrogen-bond donors (Lipinski definition) is 0. The van der Waals surface area contributed by atoms with E-state index in [-0.39, 0.29) is 17.8 Å². The Balaban J connectivity index is 2.09. The monoisotopic (exact) mass is 174 g/mol. The van der Waals surface area contributed by atoms with Gasteiger partial charge < -0.3 is 4.74 Å². The molecule has 0 bridgehead atoms. The van der Waals surface area contributed by atoms with Crippen LogP contribution in [-0.4, -0.2) is 11.9 Å². The quantitative estimate of drug-likeness (QED) is 0.599. The first-order valence-corrected chi connectivity index (χ1v) is 4.58. The predicted octanol–water partition coefficient (Wildman–Crippen LogP) is 1.75. The van der Waals surface area contributed by atoms with E-state index in [0.717, 1.165) is 5.75 Å². The zero-order chi connectivity index (χ0) is 9.00. The molecule has 3 atom stereocenters. The second-order valence-corrected chi connectivity index (χ2v) is 3.79. The molecule has 2 aliphatic rings. The highest BCUT2D eigenvalue weighted by Gasteiger charge is 2.54. The number of rotatable bonds is 0. The van der Waals surface area contributed by atoms with Gasteiger partial charge in [0.15, 0.2) is 11.9 Å². The van der Waals surface area contributed by atoms with Crippen LogP contribution in [0.25, 0.3) is 0 Å². The van der Waals surface area contributed by atoms with Crippen LogP contribution < -0.4 is 4.74 Å². The van der Waals surface area contributed by atoms with Crippen LogP contribution in [0.5, 0.6) is 5.75 Å². The van der Waals surface area contributed by atoms with Gasteiger partial charge in [0.25, 0.3) is 0 Å². The highest BCUT2D eigenvalue weighted by molar-refractivity contribution is 5.95. The van der Waals surface area contributed by atoms with Crippen molar-refractivity contribution in [2.45, 2.75) is 18.9 Å². The summed E-state index contributed by atoms with van der Waals surface area (Å²) in [4.78, 5) is 11.4. The molecule has 1 aliphatic heterocycles. The van der Waals surface area contributed by atoms with E-state index in [1.165, 1.54) is 5.56 Å². The van der Waals surface area contributed by atoms with Gasteiger partial charge in [-0.15, -0.1) is 0 Å². The van der Waals surface area contributed by atoms with E-state index >= 15 is 0 Å². The summed E-state index contributed by atoms with van der Waals surface area (Å²) in [5.74, 6) is 1.62. The Morgan fingerprint density at radius 2 is 2.08 bits per heavy atom. The minimum Gasteiger partial charge on any atom is -0.482 e. The zero-order valence-electron chi connectivity index (χ0n) is 7.36. The Labute approximate surface area is 76.5 Å². The lowest BCUT2D eigenvalue weighted by Crippen LogP contribution is -2.48. The summed E-state index contributed by atoms with van der Waals surface area (Å²) < 4.78 is 5.54. The lowest BCUT2D eigenvalue weighted by molar-refractivity contribution is -0.140. The molecule has 1 aromatic rings. The van der Waals surface area contributed by atoms with Crippen molar-refractivity contribution in [2.75, 3.05) is 0 Å². The van der Waals surface area contributed by atoms with Crippen LogP contribution in [-0.2, 0) is 4.79 Å². The summed E-state index contributed by atoms with van der Waals surface area (Å²) in [6.07, 6.45) is -0.174. The van der Waals surface area contributed by atoms with Crippen molar-refractivity contribution in [1.82, 2.24) is 0 Å². The number of ether oxygens (including phenoxy) is 1. The number of ketones is 1. The van der Waals surface area contributed by atoms with Crippen molar-refractivity contribution in [3.05, 3.63) is 29.8 Å². The molecule has 2 nitrogen and oxygen atoms in total. The van der Waals surface area contributed by atoms with E-state index in [4.69, 9.17) is 4.74 Å². The van der Waals surface area contributed by atoms with E-state index in [1.807, 2.05) is 25.1 Å². The van der Waals surface area contributed by atoms with E-state index in [9.17, 15) is 4.79 Å². The molecule has 66 valence electrons. The number of benzene rings is 1. The third-order valence-electron chi connectivity index (χ3n) is 3.13. The van der Waals surface area contributed by atoms with E-state index in [1.54, 1.807) is 0 Å². The third-order valence-corrected chi connectivity index (χ3v) is 3.13. The number of para-hydroxylation sites is 1. The minimum atomic E-state index is -0.174. The standard InChI is InChI=1S/C11H10O2/c1-6-9-7-4-2-3-5-8(7)13-11(9)10(6)12/h2-6,9,11H,1H3. The molecule has 2 heteroatoms. The maximum absolute atomic E-state index is 11.4. The number of carbonyl (C=O) groups excluding carboxylic acids is 1. The van der Waals surface area contributed by atoms with E-state index < -0.39 is 0 Å². The minimum absolute atomic E-state index is 0.147. The fraction of sp³-hybridized carbons (Fsp3) is 0.364. The van der Waals surface area contributed by atoms with Crippen molar-refractivity contribution >= 4 is 5.78 Å². The van der Waals surface area contributed by atoms with Gasteiger partial charge in [0.1, 0.15) is 5.75 Å².